The van der Waals surface area contributed by atoms with Gasteiger partial charge in [0, 0.05) is 24.5 Å². The Morgan fingerprint density at radius 2 is 2.00 bits per heavy atom. The van der Waals surface area contributed by atoms with Crippen molar-refractivity contribution in [3.63, 3.8) is 0 Å². The fourth-order valence-corrected chi connectivity index (χ4v) is 2.19. The van der Waals surface area contributed by atoms with Crippen LogP contribution in [-0.4, -0.2) is 15.9 Å². The first kappa shape index (κ1) is 15.1. The number of amides is 1. The van der Waals surface area contributed by atoms with Crippen molar-refractivity contribution in [1.29, 1.82) is 0 Å². The highest BCUT2D eigenvalue weighted by Gasteiger charge is 2.32. The predicted octanol–water partition coefficient (Wildman–Crippen LogP) is 3.51. The summed E-state index contributed by atoms with van der Waals surface area (Å²) in [4.78, 5) is 18.3. The molecule has 0 unspecified atom stereocenters. The monoisotopic (exact) mass is 319 g/mol. The molecule has 0 saturated heterocycles. The van der Waals surface area contributed by atoms with Crippen molar-refractivity contribution < 1.29 is 18.0 Å². The summed E-state index contributed by atoms with van der Waals surface area (Å²) in [5.41, 5.74) is 0.949. The van der Waals surface area contributed by atoms with Gasteiger partial charge < -0.3 is 10.3 Å². The molecule has 2 aromatic heterocycles. The maximum atomic E-state index is 12.4. The van der Waals surface area contributed by atoms with Gasteiger partial charge in [-0.1, -0.05) is 6.07 Å². The number of nitrogens with one attached hydrogen (secondary N) is 2. The van der Waals surface area contributed by atoms with Gasteiger partial charge in [-0.3, -0.25) is 9.78 Å². The number of nitrogens with zero attached hydrogens (tertiary/aromatic N) is 1. The molecule has 0 atom stereocenters. The molecule has 2 heterocycles. The second-order valence-corrected chi connectivity index (χ2v) is 5.01. The molecule has 0 bridgehead atoms. The molecule has 4 nitrogen and oxygen atoms in total. The van der Waals surface area contributed by atoms with Crippen molar-refractivity contribution in [3.8, 4) is 0 Å². The van der Waals surface area contributed by atoms with Crippen LogP contribution in [0, 0.1) is 0 Å². The number of rotatable bonds is 3. The molecule has 0 fully saturated rings. The van der Waals surface area contributed by atoms with E-state index >= 15 is 0 Å². The third-order valence-corrected chi connectivity index (χ3v) is 3.39. The quantitative estimate of drug-likeness (QED) is 0.776. The van der Waals surface area contributed by atoms with E-state index in [2.05, 4.69) is 15.3 Å². The number of pyridine rings is 1. The van der Waals surface area contributed by atoms with Crippen LogP contribution in [-0.2, 0) is 12.7 Å². The summed E-state index contributed by atoms with van der Waals surface area (Å²) >= 11 is 0. The van der Waals surface area contributed by atoms with E-state index in [1.54, 1.807) is 0 Å². The SMILES string of the molecule is O=C(NCc1ccc2[nH]ccc2c1)c1ccc(C(F)(F)F)nc1. The molecule has 0 aliphatic rings. The van der Waals surface area contributed by atoms with Gasteiger partial charge in [0.25, 0.3) is 5.91 Å². The molecule has 0 aliphatic heterocycles. The molecule has 1 amide bonds. The lowest BCUT2D eigenvalue weighted by Crippen LogP contribution is -2.23. The molecule has 0 saturated carbocycles. The largest absolute Gasteiger partial charge is 0.433 e. The van der Waals surface area contributed by atoms with Crippen LogP contribution in [0.2, 0.25) is 0 Å². The Labute approximate surface area is 129 Å². The van der Waals surface area contributed by atoms with Crippen molar-refractivity contribution in [1.82, 2.24) is 15.3 Å². The summed E-state index contributed by atoms with van der Waals surface area (Å²) in [5.74, 6) is -0.472. The lowest BCUT2D eigenvalue weighted by molar-refractivity contribution is -0.141. The van der Waals surface area contributed by atoms with E-state index in [1.165, 1.54) is 0 Å². The first-order valence-electron chi connectivity index (χ1n) is 6.81. The fraction of sp³-hybridized carbons (Fsp3) is 0.125. The predicted molar refractivity (Wildman–Crippen MR) is 78.7 cm³/mol. The number of H-pyrrole nitrogens is 1. The van der Waals surface area contributed by atoms with Crippen molar-refractivity contribution in [3.05, 3.63) is 65.6 Å². The zero-order valence-corrected chi connectivity index (χ0v) is 11.8. The number of alkyl halides is 3. The van der Waals surface area contributed by atoms with Crippen molar-refractivity contribution >= 4 is 16.8 Å². The number of benzene rings is 1. The number of carbonyl (C=O) groups excluding carboxylic acids is 1. The van der Waals surface area contributed by atoms with Gasteiger partial charge in [-0.15, -0.1) is 0 Å². The Morgan fingerprint density at radius 1 is 1.17 bits per heavy atom. The highest BCUT2D eigenvalue weighted by molar-refractivity contribution is 5.93. The van der Waals surface area contributed by atoms with Gasteiger partial charge in [0.05, 0.1) is 5.56 Å². The summed E-state index contributed by atoms with van der Waals surface area (Å²) < 4.78 is 37.3. The summed E-state index contributed by atoms with van der Waals surface area (Å²) in [6.45, 7) is 0.279. The van der Waals surface area contributed by atoms with E-state index in [9.17, 15) is 18.0 Å². The topological polar surface area (TPSA) is 57.8 Å². The molecule has 0 aliphatic carbocycles. The van der Waals surface area contributed by atoms with E-state index in [0.29, 0.717) is 0 Å². The highest BCUT2D eigenvalue weighted by Crippen LogP contribution is 2.27. The lowest BCUT2D eigenvalue weighted by Gasteiger charge is -2.08. The van der Waals surface area contributed by atoms with E-state index in [0.717, 1.165) is 34.8 Å². The molecule has 0 radical (unpaired) electrons. The number of hydrogen-bond acceptors (Lipinski definition) is 2. The van der Waals surface area contributed by atoms with Crippen LogP contribution < -0.4 is 5.32 Å². The number of aromatic nitrogens is 2. The van der Waals surface area contributed by atoms with Gasteiger partial charge in [-0.2, -0.15) is 13.2 Å². The van der Waals surface area contributed by atoms with Crippen LogP contribution in [0.5, 0.6) is 0 Å². The van der Waals surface area contributed by atoms with Crippen LogP contribution in [0.1, 0.15) is 21.6 Å². The number of hydrogen-bond donors (Lipinski definition) is 2. The Morgan fingerprint density at radius 3 is 2.70 bits per heavy atom. The van der Waals surface area contributed by atoms with E-state index < -0.39 is 17.8 Å². The van der Waals surface area contributed by atoms with Crippen LogP contribution in [0.25, 0.3) is 10.9 Å². The minimum atomic E-state index is -4.51. The van der Waals surface area contributed by atoms with Gasteiger partial charge in [-0.05, 0) is 41.3 Å². The van der Waals surface area contributed by atoms with Gasteiger partial charge in [0.15, 0.2) is 0 Å². The van der Waals surface area contributed by atoms with Crippen LogP contribution in [0.4, 0.5) is 13.2 Å². The second-order valence-electron chi connectivity index (χ2n) is 5.01. The van der Waals surface area contributed by atoms with Gasteiger partial charge in [-0.25, -0.2) is 0 Å². The average molecular weight is 319 g/mol. The Kier molecular flexibility index (Phi) is 3.77. The normalized spacial score (nSPS) is 11.6. The molecular weight excluding hydrogens is 307 g/mol. The molecule has 2 N–H and O–H groups in total. The van der Waals surface area contributed by atoms with Gasteiger partial charge >= 0.3 is 6.18 Å². The number of halogens is 3. The minimum Gasteiger partial charge on any atom is -0.361 e. The summed E-state index contributed by atoms with van der Waals surface area (Å²) in [7, 11) is 0. The molecule has 7 heteroatoms. The Bertz CT molecular complexity index is 838. The smallest absolute Gasteiger partial charge is 0.361 e. The molecule has 118 valence electrons. The number of fused-ring (bicyclic) bond motifs is 1. The summed E-state index contributed by atoms with van der Waals surface area (Å²) in [6.07, 6.45) is -1.77. The van der Waals surface area contributed by atoms with Crippen molar-refractivity contribution in [2.45, 2.75) is 12.7 Å². The van der Waals surface area contributed by atoms with Gasteiger partial charge in [0.2, 0.25) is 0 Å². The first-order valence-corrected chi connectivity index (χ1v) is 6.81. The van der Waals surface area contributed by atoms with Crippen LogP contribution in [0.3, 0.4) is 0 Å². The summed E-state index contributed by atoms with van der Waals surface area (Å²) in [5, 5.41) is 3.68. The lowest BCUT2D eigenvalue weighted by atomic mass is 10.1. The standard InChI is InChI=1S/C16H12F3N3O/c17-16(18,19)14-4-2-12(9-21-14)15(23)22-8-10-1-3-13-11(7-10)5-6-20-13/h1-7,9,20H,8H2,(H,22,23). The molecular formula is C16H12F3N3O. The molecule has 0 spiro atoms. The molecule has 3 rings (SSSR count). The van der Waals surface area contributed by atoms with Crippen molar-refractivity contribution in [2.24, 2.45) is 0 Å². The minimum absolute atomic E-state index is 0.0840. The maximum absolute atomic E-state index is 12.4. The zero-order valence-electron chi connectivity index (χ0n) is 11.8. The van der Waals surface area contributed by atoms with E-state index in [4.69, 9.17) is 0 Å². The van der Waals surface area contributed by atoms with Crippen molar-refractivity contribution in [2.75, 3.05) is 0 Å². The third-order valence-electron chi connectivity index (χ3n) is 3.39. The van der Waals surface area contributed by atoms with Crippen LogP contribution in [0.15, 0.2) is 48.8 Å². The molecule has 1 aromatic carbocycles. The summed E-state index contributed by atoms with van der Waals surface area (Å²) in [6, 6.07) is 9.51. The third kappa shape index (κ3) is 3.33. The van der Waals surface area contributed by atoms with Gasteiger partial charge in [0.1, 0.15) is 5.69 Å². The average Bonchev–Trinajstić information content (AvgIpc) is 2.99. The fourth-order valence-electron chi connectivity index (χ4n) is 2.19. The molecule has 23 heavy (non-hydrogen) atoms. The van der Waals surface area contributed by atoms with E-state index in [-0.39, 0.29) is 12.1 Å². The first-order chi connectivity index (χ1) is 10.9. The maximum Gasteiger partial charge on any atom is 0.433 e. The molecule has 3 aromatic rings. The van der Waals surface area contributed by atoms with E-state index in [1.807, 2.05) is 30.5 Å². The highest BCUT2D eigenvalue weighted by atomic mass is 19.4. The Hall–Kier alpha value is -2.83. The number of aromatic amines is 1. The van der Waals surface area contributed by atoms with Crippen LogP contribution >= 0.6 is 0 Å². The Balaban J connectivity index is 1.66. The number of carbonyl (C=O) groups is 1. The second kappa shape index (κ2) is 5.75. The zero-order chi connectivity index (χ0) is 16.4.